The van der Waals surface area contributed by atoms with E-state index in [0.29, 0.717) is 6.61 Å². The van der Waals surface area contributed by atoms with Crippen molar-refractivity contribution >= 4 is 19.9 Å². The number of aliphatic carboxylic acids is 1. The maximum atomic E-state index is 11.1. The number of ether oxygens (including phenoxy) is 1. The van der Waals surface area contributed by atoms with Gasteiger partial charge in [-0.05, 0) is 19.8 Å². The van der Waals surface area contributed by atoms with Crippen molar-refractivity contribution in [2.75, 3.05) is 19.8 Å². The number of hydrogen-bond acceptors (Lipinski definition) is 6. The Kier molecular flexibility index (Phi) is 22.4. The largest absolute Gasteiger partial charge is 0.478 e. The van der Waals surface area contributed by atoms with Crippen molar-refractivity contribution in [2.45, 2.75) is 46.5 Å². The lowest BCUT2D eigenvalue weighted by molar-refractivity contribution is -0.131. The lowest BCUT2D eigenvalue weighted by Gasteiger charge is -2.10. The molecular formula is C14H30NO8P. The van der Waals surface area contributed by atoms with E-state index in [9.17, 15) is 14.2 Å². The highest BCUT2D eigenvalue weighted by atomic mass is 31.2. The molecule has 1 amide bonds. The van der Waals surface area contributed by atoms with Crippen LogP contribution < -0.4 is 5.73 Å². The summed E-state index contributed by atoms with van der Waals surface area (Å²) in [6, 6.07) is 0. The van der Waals surface area contributed by atoms with Gasteiger partial charge in [-0.2, -0.15) is 0 Å². The molecule has 0 bridgehead atoms. The molecule has 0 aromatic rings. The van der Waals surface area contributed by atoms with Crippen molar-refractivity contribution in [1.82, 2.24) is 0 Å². The summed E-state index contributed by atoms with van der Waals surface area (Å²) in [5, 5.41) is 7.60. The van der Waals surface area contributed by atoms with Crippen LogP contribution in [0.3, 0.4) is 0 Å². The fourth-order valence-electron chi connectivity index (χ4n) is 0.828. The van der Waals surface area contributed by atoms with Gasteiger partial charge in [-0.3, -0.25) is 9.05 Å². The van der Waals surface area contributed by atoms with Gasteiger partial charge in [0, 0.05) is 6.08 Å². The quantitative estimate of drug-likeness (QED) is 0.302. The summed E-state index contributed by atoms with van der Waals surface area (Å²) >= 11 is 0. The first-order valence-corrected chi connectivity index (χ1v) is 9.05. The third-order valence-electron chi connectivity index (χ3n) is 1.97. The zero-order valence-corrected chi connectivity index (χ0v) is 15.5. The van der Waals surface area contributed by atoms with Crippen molar-refractivity contribution in [3.63, 3.8) is 0 Å². The van der Waals surface area contributed by atoms with Crippen LogP contribution in [0.4, 0.5) is 4.79 Å². The maximum Gasteiger partial charge on any atom is 0.472 e. The van der Waals surface area contributed by atoms with E-state index < -0.39 is 19.9 Å². The molecule has 0 aliphatic carbocycles. The van der Waals surface area contributed by atoms with E-state index in [2.05, 4.69) is 17.0 Å². The van der Waals surface area contributed by atoms with Crippen LogP contribution in [0.15, 0.2) is 12.7 Å². The number of hydrogen-bond donors (Lipinski definition) is 3. The van der Waals surface area contributed by atoms with Gasteiger partial charge in [0.15, 0.2) is 0 Å². The summed E-state index contributed by atoms with van der Waals surface area (Å²) in [5.74, 6) is -0.981. The Hall–Kier alpha value is -1.41. The number of carbonyl (C=O) groups excluding carboxylic acids is 1. The Morgan fingerprint density at radius 1 is 1.12 bits per heavy atom. The van der Waals surface area contributed by atoms with Gasteiger partial charge in [0.1, 0.15) is 0 Å². The monoisotopic (exact) mass is 371 g/mol. The molecule has 4 N–H and O–H groups in total. The lowest BCUT2D eigenvalue weighted by atomic mass is 10.4. The zero-order chi connectivity index (χ0) is 19.4. The number of unbranched alkanes of at least 4 members (excludes halogenated alkanes) is 2. The third-order valence-corrected chi connectivity index (χ3v) is 2.98. The third kappa shape index (κ3) is 32.5. The number of phosphoric acid groups is 1. The van der Waals surface area contributed by atoms with Crippen LogP contribution in [0.1, 0.15) is 46.5 Å². The first kappa shape index (κ1) is 27.4. The molecule has 10 heteroatoms. The Labute approximate surface area is 143 Å². The highest BCUT2D eigenvalue weighted by Crippen LogP contribution is 2.43. The normalized spacial score (nSPS) is 9.67. The van der Waals surface area contributed by atoms with Crippen LogP contribution in [-0.2, 0) is 23.1 Å². The molecule has 0 atom stereocenters. The van der Waals surface area contributed by atoms with E-state index >= 15 is 0 Å². The second-order valence-electron chi connectivity index (χ2n) is 4.14. The van der Waals surface area contributed by atoms with Crippen molar-refractivity contribution in [3.05, 3.63) is 12.7 Å². The molecule has 0 saturated heterocycles. The first-order chi connectivity index (χ1) is 11.2. The Morgan fingerprint density at radius 3 is 1.67 bits per heavy atom. The molecule has 0 aromatic heterocycles. The summed E-state index contributed by atoms with van der Waals surface area (Å²) in [5.41, 5.74) is 4.54. The number of primary amides is 1. The highest BCUT2D eigenvalue weighted by Gasteiger charge is 2.19. The number of carboxylic acid groups (broad SMARTS) is 1. The molecule has 0 heterocycles. The van der Waals surface area contributed by atoms with Crippen LogP contribution in [0, 0.1) is 0 Å². The van der Waals surface area contributed by atoms with E-state index in [4.69, 9.17) is 19.0 Å². The van der Waals surface area contributed by atoms with Gasteiger partial charge in [-0.15, -0.1) is 0 Å². The summed E-state index contributed by atoms with van der Waals surface area (Å²) in [6.07, 6.45) is 3.56. The molecule has 0 aliphatic heterocycles. The number of carbonyl (C=O) groups is 2. The number of phosphoric ester groups is 1. The van der Waals surface area contributed by atoms with E-state index in [1.807, 2.05) is 13.8 Å². The number of rotatable bonds is 10. The molecule has 0 radical (unpaired) electrons. The van der Waals surface area contributed by atoms with Gasteiger partial charge in [-0.1, -0.05) is 33.3 Å². The lowest BCUT2D eigenvalue weighted by Crippen LogP contribution is -2.11. The Morgan fingerprint density at radius 2 is 1.50 bits per heavy atom. The Balaban J connectivity index is -0.000000332. The van der Waals surface area contributed by atoms with Crippen molar-refractivity contribution < 1.29 is 37.9 Å². The number of nitrogens with two attached hydrogens (primary N) is 1. The fourth-order valence-corrected chi connectivity index (χ4v) is 1.62. The Bertz CT molecular complexity index is 362. The molecule has 9 nitrogen and oxygen atoms in total. The fraction of sp³-hybridized carbons (Fsp3) is 0.714. The van der Waals surface area contributed by atoms with Crippen molar-refractivity contribution in [1.29, 1.82) is 0 Å². The highest BCUT2D eigenvalue weighted by molar-refractivity contribution is 7.47. The molecule has 0 aromatic carbocycles. The minimum atomic E-state index is -3.75. The molecule has 0 fully saturated rings. The van der Waals surface area contributed by atoms with Gasteiger partial charge < -0.3 is 20.5 Å². The van der Waals surface area contributed by atoms with Crippen molar-refractivity contribution in [2.24, 2.45) is 5.73 Å². The summed E-state index contributed by atoms with van der Waals surface area (Å²) < 4.78 is 24.7. The van der Waals surface area contributed by atoms with Crippen molar-refractivity contribution in [3.8, 4) is 0 Å². The number of amides is 1. The smallest absolute Gasteiger partial charge is 0.472 e. The van der Waals surface area contributed by atoms with E-state index in [0.717, 1.165) is 31.8 Å². The van der Waals surface area contributed by atoms with Crippen LogP contribution in [0.5, 0.6) is 0 Å². The number of carboxylic acids is 1. The minimum absolute atomic E-state index is 0.288. The van der Waals surface area contributed by atoms with Gasteiger partial charge >= 0.3 is 19.9 Å². The van der Waals surface area contributed by atoms with Gasteiger partial charge in [0.05, 0.1) is 19.8 Å². The maximum absolute atomic E-state index is 11.1. The molecular weight excluding hydrogens is 341 g/mol. The summed E-state index contributed by atoms with van der Waals surface area (Å²) in [6.45, 7) is 9.57. The average Bonchev–Trinajstić information content (AvgIpc) is 2.48. The SMILES string of the molecule is C=CC(=O)O.CCCCOP(=O)(O)OCCCC.CCOC(N)=O. The van der Waals surface area contributed by atoms with Gasteiger partial charge in [0.2, 0.25) is 0 Å². The second kappa shape index (κ2) is 19.6. The predicted octanol–water partition coefficient (Wildman–Crippen LogP) is 3.08. The summed E-state index contributed by atoms with van der Waals surface area (Å²) in [7, 11) is -3.75. The molecule has 0 unspecified atom stereocenters. The molecule has 24 heavy (non-hydrogen) atoms. The first-order valence-electron chi connectivity index (χ1n) is 7.56. The van der Waals surface area contributed by atoms with Gasteiger partial charge in [-0.25, -0.2) is 14.2 Å². The zero-order valence-electron chi connectivity index (χ0n) is 14.6. The molecule has 144 valence electrons. The average molecular weight is 371 g/mol. The summed E-state index contributed by atoms with van der Waals surface area (Å²) in [4.78, 5) is 27.9. The predicted molar refractivity (Wildman–Crippen MR) is 90.6 cm³/mol. The van der Waals surface area contributed by atoms with E-state index in [1.165, 1.54) is 0 Å². The minimum Gasteiger partial charge on any atom is -0.478 e. The van der Waals surface area contributed by atoms with E-state index in [1.54, 1.807) is 6.92 Å². The molecule has 0 spiro atoms. The van der Waals surface area contributed by atoms with Crippen LogP contribution >= 0.6 is 7.82 Å². The standard InChI is InChI=1S/C8H19O4P.C3H7NO2.C3H4O2/c1-3-5-7-11-13(9,10)12-8-6-4-2;1-2-6-3(4)5;1-2-3(4)5/h3-8H2,1-2H3,(H,9,10);2H2,1H3,(H2,4,5);2H,1H2,(H,4,5). The topological polar surface area (TPSA) is 145 Å². The van der Waals surface area contributed by atoms with E-state index in [-0.39, 0.29) is 13.2 Å². The van der Waals surface area contributed by atoms with Gasteiger partial charge in [0.25, 0.3) is 0 Å². The van der Waals surface area contributed by atoms with Crippen LogP contribution in [0.25, 0.3) is 0 Å². The second-order valence-corrected chi connectivity index (χ2v) is 5.59. The molecule has 0 rings (SSSR count). The molecule has 0 saturated carbocycles. The van der Waals surface area contributed by atoms with Crippen LogP contribution in [-0.4, -0.2) is 41.9 Å². The van der Waals surface area contributed by atoms with Crippen LogP contribution in [0.2, 0.25) is 0 Å². The molecule has 0 aliphatic rings.